The molecule has 0 atom stereocenters. The molecule has 1 aliphatic heterocycles. The SMILES string of the molecule is O=C1C(=Cc2cccnc2)N(Cc2ccccc2)S(=O)(=O)c2ccccc21. The van der Waals surface area contributed by atoms with Gasteiger partial charge in [-0.3, -0.25) is 14.1 Å². The summed E-state index contributed by atoms with van der Waals surface area (Å²) in [5, 5.41) is 0. The van der Waals surface area contributed by atoms with Gasteiger partial charge in [-0.1, -0.05) is 48.5 Å². The molecule has 2 heterocycles. The van der Waals surface area contributed by atoms with E-state index in [9.17, 15) is 13.2 Å². The van der Waals surface area contributed by atoms with E-state index >= 15 is 0 Å². The molecule has 0 fully saturated rings. The number of sulfonamides is 1. The molecular formula is C21H16N2O3S. The summed E-state index contributed by atoms with van der Waals surface area (Å²) in [5.41, 5.74) is 1.77. The van der Waals surface area contributed by atoms with Crippen LogP contribution in [0.25, 0.3) is 6.08 Å². The Morgan fingerprint density at radius 1 is 0.926 bits per heavy atom. The smallest absolute Gasteiger partial charge is 0.265 e. The number of nitrogens with zero attached hydrogens (tertiary/aromatic N) is 2. The maximum atomic E-state index is 13.3. The monoisotopic (exact) mass is 376 g/mol. The summed E-state index contributed by atoms with van der Waals surface area (Å²) in [6, 6.07) is 19.0. The van der Waals surface area contributed by atoms with Gasteiger partial charge in [0.25, 0.3) is 10.0 Å². The first-order valence-corrected chi connectivity index (χ1v) is 9.83. The molecule has 1 aliphatic rings. The van der Waals surface area contributed by atoms with Gasteiger partial charge in [-0.05, 0) is 35.4 Å². The van der Waals surface area contributed by atoms with E-state index < -0.39 is 10.0 Å². The Morgan fingerprint density at radius 2 is 1.67 bits per heavy atom. The van der Waals surface area contributed by atoms with Gasteiger partial charge in [0.15, 0.2) is 0 Å². The second-order valence-electron chi connectivity index (χ2n) is 6.14. The summed E-state index contributed by atoms with van der Waals surface area (Å²) in [6.45, 7) is 0.0787. The minimum absolute atomic E-state index is 0.0364. The van der Waals surface area contributed by atoms with E-state index in [0.29, 0.717) is 5.56 Å². The third-order valence-corrected chi connectivity index (χ3v) is 6.18. The minimum atomic E-state index is -3.86. The zero-order chi connectivity index (χ0) is 18.9. The molecule has 5 nitrogen and oxygen atoms in total. The molecule has 1 aromatic heterocycles. The lowest BCUT2D eigenvalue weighted by Crippen LogP contribution is -2.38. The Kier molecular flexibility index (Phi) is 4.33. The summed E-state index contributed by atoms with van der Waals surface area (Å²) in [7, 11) is -3.86. The lowest BCUT2D eigenvalue weighted by molar-refractivity contribution is 0.100. The molecule has 4 rings (SSSR count). The number of hydrogen-bond donors (Lipinski definition) is 0. The van der Waals surface area contributed by atoms with Crippen LogP contribution < -0.4 is 0 Å². The summed E-state index contributed by atoms with van der Waals surface area (Å²) < 4.78 is 27.7. The Morgan fingerprint density at radius 3 is 2.41 bits per heavy atom. The van der Waals surface area contributed by atoms with Crippen LogP contribution in [0.5, 0.6) is 0 Å². The van der Waals surface area contributed by atoms with Gasteiger partial charge in [0, 0.05) is 18.0 Å². The Labute approximate surface area is 157 Å². The zero-order valence-corrected chi connectivity index (χ0v) is 15.1. The number of carbonyl (C=O) groups is 1. The van der Waals surface area contributed by atoms with Crippen molar-refractivity contribution in [2.24, 2.45) is 0 Å². The number of aromatic nitrogens is 1. The quantitative estimate of drug-likeness (QED) is 0.656. The van der Waals surface area contributed by atoms with Crippen LogP contribution in [0.2, 0.25) is 0 Å². The highest BCUT2D eigenvalue weighted by molar-refractivity contribution is 7.89. The van der Waals surface area contributed by atoms with Gasteiger partial charge in [0.1, 0.15) is 5.70 Å². The van der Waals surface area contributed by atoms with Crippen LogP contribution in [0.15, 0.2) is 89.7 Å². The predicted octanol–water partition coefficient (Wildman–Crippen LogP) is 3.51. The maximum Gasteiger partial charge on any atom is 0.265 e. The van der Waals surface area contributed by atoms with Crippen LogP contribution in [0, 0.1) is 0 Å². The first-order chi connectivity index (χ1) is 13.1. The van der Waals surface area contributed by atoms with Gasteiger partial charge in [-0.2, -0.15) is 0 Å². The van der Waals surface area contributed by atoms with Crippen LogP contribution in [0.1, 0.15) is 21.5 Å². The zero-order valence-electron chi connectivity index (χ0n) is 14.3. The molecule has 134 valence electrons. The number of rotatable bonds is 3. The lowest BCUT2D eigenvalue weighted by atomic mass is 10.1. The Balaban J connectivity index is 1.91. The third-order valence-electron chi connectivity index (χ3n) is 4.36. The molecule has 0 bridgehead atoms. The molecule has 0 saturated carbocycles. The number of benzene rings is 2. The summed E-state index contributed by atoms with van der Waals surface area (Å²) in [6.07, 6.45) is 4.79. The van der Waals surface area contributed by atoms with Gasteiger partial charge < -0.3 is 0 Å². The highest BCUT2D eigenvalue weighted by atomic mass is 32.2. The highest BCUT2D eigenvalue weighted by Crippen LogP contribution is 2.34. The molecule has 0 unspecified atom stereocenters. The van der Waals surface area contributed by atoms with Crippen molar-refractivity contribution in [1.82, 2.24) is 9.29 Å². The van der Waals surface area contributed by atoms with E-state index in [1.54, 1.807) is 48.8 Å². The second-order valence-corrected chi connectivity index (χ2v) is 7.97. The Hall–Kier alpha value is -3.25. The largest absolute Gasteiger partial charge is 0.287 e. The van der Waals surface area contributed by atoms with E-state index in [4.69, 9.17) is 0 Å². The number of Topliss-reactive ketones (excluding diaryl/α,β-unsaturated/α-hetero) is 1. The molecule has 0 radical (unpaired) electrons. The van der Waals surface area contributed by atoms with Crippen LogP contribution in [0.3, 0.4) is 0 Å². The molecule has 3 aromatic rings. The van der Waals surface area contributed by atoms with Crippen molar-refractivity contribution in [2.75, 3.05) is 0 Å². The molecule has 0 aliphatic carbocycles. The van der Waals surface area contributed by atoms with E-state index in [2.05, 4.69) is 4.98 Å². The van der Waals surface area contributed by atoms with Crippen molar-refractivity contribution in [3.63, 3.8) is 0 Å². The summed E-state index contributed by atoms with van der Waals surface area (Å²) >= 11 is 0. The van der Waals surface area contributed by atoms with E-state index in [0.717, 1.165) is 5.56 Å². The first-order valence-electron chi connectivity index (χ1n) is 8.39. The molecular weight excluding hydrogens is 360 g/mol. The average molecular weight is 376 g/mol. The second kappa shape index (κ2) is 6.81. The highest BCUT2D eigenvalue weighted by Gasteiger charge is 2.39. The molecule has 27 heavy (non-hydrogen) atoms. The van der Waals surface area contributed by atoms with E-state index in [1.807, 2.05) is 30.3 Å². The van der Waals surface area contributed by atoms with Crippen LogP contribution >= 0.6 is 0 Å². The van der Waals surface area contributed by atoms with E-state index in [-0.39, 0.29) is 28.5 Å². The van der Waals surface area contributed by atoms with Gasteiger partial charge in [0.05, 0.1) is 11.4 Å². The van der Waals surface area contributed by atoms with Crippen molar-refractivity contribution < 1.29 is 13.2 Å². The number of hydrogen-bond acceptors (Lipinski definition) is 4. The normalized spacial score (nSPS) is 17.0. The standard InChI is InChI=1S/C21H16N2O3S/c24-21-18-10-4-5-11-20(18)27(25,26)23(15-16-7-2-1-3-8-16)19(21)13-17-9-6-12-22-14-17/h1-14H,15H2. The lowest BCUT2D eigenvalue weighted by Gasteiger charge is -2.31. The fraction of sp³-hybridized carbons (Fsp3) is 0.0476. The fourth-order valence-corrected chi connectivity index (χ4v) is 4.69. The van der Waals surface area contributed by atoms with Crippen molar-refractivity contribution in [2.45, 2.75) is 11.4 Å². The topological polar surface area (TPSA) is 67.3 Å². The van der Waals surface area contributed by atoms with Crippen molar-refractivity contribution in [1.29, 1.82) is 0 Å². The first kappa shape index (κ1) is 17.2. The van der Waals surface area contributed by atoms with Crippen LogP contribution in [0.4, 0.5) is 0 Å². The number of carbonyl (C=O) groups excluding carboxylic acids is 1. The molecule has 2 aromatic carbocycles. The number of allylic oxidation sites excluding steroid dienone is 1. The molecule has 0 saturated heterocycles. The third kappa shape index (κ3) is 3.15. The number of fused-ring (bicyclic) bond motifs is 1. The average Bonchev–Trinajstić information content (AvgIpc) is 2.71. The van der Waals surface area contributed by atoms with E-state index in [1.165, 1.54) is 10.4 Å². The van der Waals surface area contributed by atoms with Gasteiger partial charge in [-0.25, -0.2) is 8.42 Å². The van der Waals surface area contributed by atoms with Crippen LogP contribution in [-0.4, -0.2) is 23.5 Å². The van der Waals surface area contributed by atoms with Gasteiger partial charge in [0.2, 0.25) is 5.78 Å². The van der Waals surface area contributed by atoms with Crippen molar-refractivity contribution >= 4 is 21.9 Å². The van der Waals surface area contributed by atoms with Crippen LogP contribution in [-0.2, 0) is 16.6 Å². The predicted molar refractivity (Wildman–Crippen MR) is 102 cm³/mol. The summed E-state index contributed by atoms with van der Waals surface area (Å²) in [4.78, 5) is 17.2. The van der Waals surface area contributed by atoms with Crippen molar-refractivity contribution in [3.8, 4) is 0 Å². The van der Waals surface area contributed by atoms with Gasteiger partial charge in [-0.15, -0.1) is 0 Å². The number of ketones is 1. The minimum Gasteiger partial charge on any atom is -0.287 e. The molecule has 0 amide bonds. The fourth-order valence-electron chi connectivity index (χ4n) is 3.05. The maximum absolute atomic E-state index is 13.3. The molecule has 6 heteroatoms. The molecule has 0 spiro atoms. The van der Waals surface area contributed by atoms with Gasteiger partial charge >= 0.3 is 0 Å². The summed E-state index contributed by atoms with van der Waals surface area (Å²) in [5.74, 6) is -0.319. The molecule has 0 N–H and O–H groups in total. The number of pyridine rings is 1. The Bertz CT molecular complexity index is 1120. The van der Waals surface area contributed by atoms with Crippen molar-refractivity contribution in [3.05, 3.63) is 102 Å².